The van der Waals surface area contributed by atoms with Crippen LogP contribution in [0.1, 0.15) is 21.6 Å². The molecule has 1 heterocycles. The zero-order chi connectivity index (χ0) is 22.1. The number of anilines is 1. The van der Waals surface area contributed by atoms with Crippen LogP contribution in [0.25, 0.3) is 11.3 Å². The summed E-state index contributed by atoms with van der Waals surface area (Å²) < 4.78 is 0. The van der Waals surface area contributed by atoms with E-state index in [1.807, 2.05) is 19.1 Å². The molecule has 0 aliphatic heterocycles. The molecule has 4 rings (SSSR count). The molecular formula is C21H17ClN4O4S. The summed E-state index contributed by atoms with van der Waals surface area (Å²) in [7, 11) is 0. The van der Waals surface area contributed by atoms with Crippen LogP contribution in [0.2, 0.25) is 5.02 Å². The Morgan fingerprint density at radius 3 is 2.84 bits per heavy atom. The van der Waals surface area contributed by atoms with Gasteiger partial charge in [-0.25, -0.2) is 9.78 Å². The fraction of sp³-hybridized carbons (Fsp3) is 0.190. The molecule has 8 nitrogen and oxygen atoms in total. The molecule has 0 radical (unpaired) electrons. The fourth-order valence-corrected chi connectivity index (χ4v) is 4.70. The maximum Gasteiger partial charge on any atom is 0.352 e. The van der Waals surface area contributed by atoms with Gasteiger partial charge in [0.2, 0.25) is 5.13 Å². The third-order valence-electron chi connectivity index (χ3n) is 5.07. The monoisotopic (exact) mass is 456 g/mol. The molecule has 0 atom stereocenters. The lowest BCUT2D eigenvalue weighted by Gasteiger charge is -2.17. The lowest BCUT2D eigenvalue weighted by Crippen LogP contribution is -2.18. The molecular weight excluding hydrogens is 440 g/mol. The van der Waals surface area contributed by atoms with Gasteiger partial charge in [0.05, 0.1) is 10.6 Å². The number of nitro benzene ring substituents is 1. The molecule has 1 aliphatic carbocycles. The van der Waals surface area contributed by atoms with E-state index in [0.717, 1.165) is 45.1 Å². The molecule has 158 valence electrons. The first-order valence-corrected chi connectivity index (χ1v) is 10.6. The molecule has 3 aromatic rings. The molecule has 0 fully saturated rings. The fourth-order valence-electron chi connectivity index (χ4n) is 3.52. The lowest BCUT2D eigenvalue weighted by molar-refractivity contribution is -0.385. The summed E-state index contributed by atoms with van der Waals surface area (Å²) >= 11 is 7.86. The van der Waals surface area contributed by atoms with Gasteiger partial charge >= 0.3 is 5.97 Å². The van der Waals surface area contributed by atoms with Gasteiger partial charge in [-0.1, -0.05) is 53.3 Å². The van der Waals surface area contributed by atoms with Gasteiger partial charge < -0.3 is 5.11 Å². The minimum atomic E-state index is -1.26. The van der Waals surface area contributed by atoms with Crippen LogP contribution < -0.4 is 5.43 Å². The van der Waals surface area contributed by atoms with Crippen molar-refractivity contribution >= 4 is 45.4 Å². The van der Waals surface area contributed by atoms with Crippen molar-refractivity contribution in [3.8, 4) is 11.3 Å². The number of aryl methyl sites for hydroxylation is 2. The highest BCUT2D eigenvalue weighted by Crippen LogP contribution is 2.41. The van der Waals surface area contributed by atoms with E-state index < -0.39 is 10.9 Å². The third-order valence-corrected chi connectivity index (χ3v) is 6.62. The van der Waals surface area contributed by atoms with Crippen LogP contribution in [0, 0.1) is 17.0 Å². The number of carboxylic acids is 1. The van der Waals surface area contributed by atoms with Gasteiger partial charge in [-0.2, -0.15) is 5.10 Å². The van der Waals surface area contributed by atoms with E-state index in [9.17, 15) is 20.0 Å². The Labute approximate surface area is 186 Å². The van der Waals surface area contributed by atoms with Crippen LogP contribution in [0.4, 0.5) is 10.8 Å². The van der Waals surface area contributed by atoms with Gasteiger partial charge in [-0.05, 0) is 30.9 Å². The molecule has 0 spiro atoms. The molecule has 0 amide bonds. The number of hydrogen-bond acceptors (Lipinski definition) is 7. The van der Waals surface area contributed by atoms with Crippen molar-refractivity contribution in [2.75, 3.05) is 5.43 Å². The average Bonchev–Trinajstić information content (AvgIpc) is 3.17. The number of nitrogens with zero attached hydrogens (tertiary/aromatic N) is 3. The smallest absolute Gasteiger partial charge is 0.352 e. The number of carbonyl (C=O) groups is 1. The highest BCUT2D eigenvalue weighted by molar-refractivity contribution is 7.16. The number of nitrogens with one attached hydrogen (secondary N) is 1. The third kappa shape index (κ3) is 4.14. The Hall–Kier alpha value is -3.30. The highest BCUT2D eigenvalue weighted by atomic mass is 35.5. The van der Waals surface area contributed by atoms with Crippen molar-refractivity contribution in [2.24, 2.45) is 5.10 Å². The van der Waals surface area contributed by atoms with E-state index in [1.165, 1.54) is 29.5 Å². The molecule has 31 heavy (non-hydrogen) atoms. The number of benzene rings is 2. The first-order chi connectivity index (χ1) is 14.8. The summed E-state index contributed by atoms with van der Waals surface area (Å²) in [5.41, 5.74) is 6.47. The zero-order valence-electron chi connectivity index (χ0n) is 16.4. The number of halogens is 1. The summed E-state index contributed by atoms with van der Waals surface area (Å²) in [6, 6.07) is 9.95. The predicted octanol–water partition coefficient (Wildman–Crippen LogP) is 4.87. The van der Waals surface area contributed by atoms with Crippen LogP contribution in [0.15, 0.2) is 41.5 Å². The molecule has 10 heteroatoms. The van der Waals surface area contributed by atoms with Crippen molar-refractivity contribution in [1.29, 1.82) is 0 Å². The summed E-state index contributed by atoms with van der Waals surface area (Å²) in [6.07, 6.45) is 1.41. The van der Waals surface area contributed by atoms with Crippen LogP contribution in [0.5, 0.6) is 0 Å². The summed E-state index contributed by atoms with van der Waals surface area (Å²) in [5, 5.41) is 25.9. The van der Waals surface area contributed by atoms with E-state index >= 15 is 0 Å². The largest absolute Gasteiger partial charge is 0.477 e. The van der Waals surface area contributed by atoms with Gasteiger partial charge in [0.15, 0.2) is 0 Å². The predicted molar refractivity (Wildman–Crippen MR) is 120 cm³/mol. The van der Waals surface area contributed by atoms with Crippen molar-refractivity contribution in [3.05, 3.63) is 73.1 Å². The SMILES string of the molecule is Cc1ccc2c(c1Cl)CCc1sc(N/N=C(\Cc3ccccc3[N+](=O)[O-])C(=O)O)nc1-2. The minimum absolute atomic E-state index is 0.148. The van der Waals surface area contributed by atoms with E-state index in [1.54, 1.807) is 6.07 Å². The number of fused-ring (bicyclic) bond motifs is 3. The summed E-state index contributed by atoms with van der Waals surface area (Å²) in [6.45, 7) is 1.96. The Morgan fingerprint density at radius 2 is 2.10 bits per heavy atom. The quantitative estimate of drug-likeness (QED) is 0.310. The van der Waals surface area contributed by atoms with E-state index in [4.69, 9.17) is 11.6 Å². The maximum absolute atomic E-state index is 11.7. The van der Waals surface area contributed by atoms with E-state index in [0.29, 0.717) is 5.13 Å². The zero-order valence-corrected chi connectivity index (χ0v) is 18.0. The first kappa shape index (κ1) is 21.0. The Bertz CT molecular complexity index is 1240. The Balaban J connectivity index is 1.61. The number of thiazole rings is 1. The van der Waals surface area contributed by atoms with Gasteiger partial charge in [-0.15, -0.1) is 0 Å². The van der Waals surface area contributed by atoms with Crippen molar-refractivity contribution in [3.63, 3.8) is 0 Å². The Kier molecular flexibility index (Phi) is 5.71. The number of nitro groups is 1. The molecule has 0 saturated heterocycles. The molecule has 1 aliphatic rings. The number of hydrazone groups is 1. The number of aliphatic carboxylic acids is 1. The van der Waals surface area contributed by atoms with Crippen molar-refractivity contribution in [1.82, 2.24) is 4.98 Å². The van der Waals surface area contributed by atoms with Crippen LogP contribution >= 0.6 is 22.9 Å². The normalized spacial score (nSPS) is 12.8. The van der Waals surface area contributed by atoms with Gasteiger partial charge in [0.1, 0.15) is 5.71 Å². The number of aromatic nitrogens is 1. The maximum atomic E-state index is 11.7. The molecule has 2 N–H and O–H groups in total. The molecule has 0 unspecified atom stereocenters. The van der Waals surface area contributed by atoms with Crippen LogP contribution in [-0.4, -0.2) is 26.7 Å². The summed E-state index contributed by atoms with van der Waals surface area (Å²) in [5.74, 6) is -1.26. The molecule has 2 aromatic carbocycles. The lowest BCUT2D eigenvalue weighted by atomic mass is 9.92. The summed E-state index contributed by atoms with van der Waals surface area (Å²) in [4.78, 5) is 28.0. The topological polar surface area (TPSA) is 118 Å². The molecule has 0 saturated carbocycles. The second kappa shape index (κ2) is 8.44. The number of carboxylic acid groups (broad SMARTS) is 1. The van der Waals surface area contributed by atoms with Crippen molar-refractivity contribution < 1.29 is 14.8 Å². The number of rotatable bonds is 6. The number of hydrogen-bond donors (Lipinski definition) is 2. The second-order valence-electron chi connectivity index (χ2n) is 7.05. The van der Waals surface area contributed by atoms with Crippen molar-refractivity contribution in [2.45, 2.75) is 26.2 Å². The van der Waals surface area contributed by atoms with Gasteiger partial charge in [-0.3, -0.25) is 15.5 Å². The first-order valence-electron chi connectivity index (χ1n) is 9.41. The van der Waals surface area contributed by atoms with Crippen LogP contribution in [-0.2, 0) is 24.1 Å². The molecule has 1 aromatic heterocycles. The molecule has 0 bridgehead atoms. The van der Waals surface area contributed by atoms with E-state index in [-0.39, 0.29) is 23.4 Å². The van der Waals surface area contributed by atoms with Crippen LogP contribution in [0.3, 0.4) is 0 Å². The highest BCUT2D eigenvalue weighted by Gasteiger charge is 2.24. The van der Waals surface area contributed by atoms with Gasteiger partial charge in [0, 0.05) is 33.5 Å². The number of para-hydroxylation sites is 1. The minimum Gasteiger partial charge on any atom is -0.477 e. The standard InChI is InChI=1S/C21H17ClN4O4S/c1-11-6-7-14-13(18(11)22)8-9-17-19(14)23-21(31-17)25-24-15(20(27)28)10-12-4-2-3-5-16(12)26(29)30/h2-7H,8-10H2,1H3,(H,23,25)(H,27,28)/b24-15+. The van der Waals surface area contributed by atoms with Gasteiger partial charge in [0.25, 0.3) is 5.69 Å². The van der Waals surface area contributed by atoms with E-state index in [2.05, 4.69) is 15.5 Å². The second-order valence-corrected chi connectivity index (χ2v) is 8.51. The Morgan fingerprint density at radius 1 is 1.32 bits per heavy atom. The average molecular weight is 457 g/mol.